The first-order chi connectivity index (χ1) is 14.7. The number of ether oxygens (including phenoxy) is 1. The molecule has 0 amide bonds. The molecule has 150 valence electrons. The SMILES string of the molecule is COc1ccccc1[C@@H]1CC(=O)C2=C(C1)Nc1ccccc1N[C@@H]2c1ccncc1. The van der Waals surface area contributed by atoms with Gasteiger partial charge in [0.2, 0.25) is 0 Å². The lowest BCUT2D eigenvalue weighted by atomic mass is 9.78. The van der Waals surface area contributed by atoms with Gasteiger partial charge in [0.1, 0.15) is 5.75 Å². The number of methoxy groups -OCH3 is 1. The van der Waals surface area contributed by atoms with Crippen LogP contribution in [-0.2, 0) is 4.79 Å². The van der Waals surface area contributed by atoms with Crippen LogP contribution in [0.2, 0.25) is 0 Å². The number of nitrogens with zero attached hydrogens (tertiary/aromatic N) is 1. The lowest BCUT2D eigenvalue weighted by Crippen LogP contribution is -2.27. The van der Waals surface area contributed by atoms with Crippen molar-refractivity contribution in [1.82, 2.24) is 4.98 Å². The van der Waals surface area contributed by atoms with E-state index in [9.17, 15) is 4.79 Å². The molecule has 2 N–H and O–H groups in total. The molecule has 1 aromatic heterocycles. The summed E-state index contributed by atoms with van der Waals surface area (Å²) in [6.45, 7) is 0. The molecule has 0 unspecified atom stereocenters. The van der Waals surface area contributed by atoms with Crippen molar-refractivity contribution in [3.63, 3.8) is 0 Å². The summed E-state index contributed by atoms with van der Waals surface area (Å²) in [5.41, 5.74) is 5.85. The molecule has 0 fully saturated rings. The highest BCUT2D eigenvalue weighted by atomic mass is 16.5. The first-order valence-corrected chi connectivity index (χ1v) is 10.2. The Hall–Kier alpha value is -3.60. The highest BCUT2D eigenvalue weighted by molar-refractivity contribution is 6.01. The first-order valence-electron chi connectivity index (χ1n) is 10.2. The molecule has 2 heterocycles. The molecule has 3 aromatic rings. The second-order valence-electron chi connectivity index (χ2n) is 7.69. The molecular weight excluding hydrogens is 374 g/mol. The molecule has 5 rings (SSSR count). The number of carbonyl (C=O) groups is 1. The number of hydrogen-bond acceptors (Lipinski definition) is 5. The van der Waals surface area contributed by atoms with Gasteiger partial charge in [-0.25, -0.2) is 0 Å². The van der Waals surface area contributed by atoms with Crippen molar-refractivity contribution in [2.75, 3.05) is 17.7 Å². The molecule has 0 radical (unpaired) electrons. The quantitative estimate of drug-likeness (QED) is 0.646. The van der Waals surface area contributed by atoms with Crippen LogP contribution in [0.25, 0.3) is 0 Å². The topological polar surface area (TPSA) is 63.2 Å². The van der Waals surface area contributed by atoms with E-state index in [2.05, 4.69) is 21.7 Å². The molecule has 1 aliphatic heterocycles. The van der Waals surface area contributed by atoms with Crippen molar-refractivity contribution in [2.45, 2.75) is 24.8 Å². The summed E-state index contributed by atoms with van der Waals surface area (Å²) in [7, 11) is 1.68. The Morgan fingerprint density at radius 2 is 1.67 bits per heavy atom. The minimum absolute atomic E-state index is 0.0725. The number of anilines is 2. The van der Waals surface area contributed by atoms with Crippen molar-refractivity contribution in [3.05, 3.63) is 95.5 Å². The van der Waals surface area contributed by atoms with Crippen molar-refractivity contribution in [3.8, 4) is 5.75 Å². The van der Waals surface area contributed by atoms with Crippen LogP contribution in [0.5, 0.6) is 5.75 Å². The van der Waals surface area contributed by atoms with Crippen LogP contribution in [0, 0.1) is 0 Å². The zero-order chi connectivity index (χ0) is 20.5. The normalized spacial score (nSPS) is 20.4. The predicted molar refractivity (Wildman–Crippen MR) is 118 cm³/mol. The lowest BCUT2D eigenvalue weighted by Gasteiger charge is -2.30. The van der Waals surface area contributed by atoms with Gasteiger partial charge in [0.25, 0.3) is 0 Å². The van der Waals surface area contributed by atoms with E-state index in [-0.39, 0.29) is 17.7 Å². The van der Waals surface area contributed by atoms with Crippen LogP contribution in [0.15, 0.2) is 84.3 Å². The second-order valence-corrected chi connectivity index (χ2v) is 7.69. The van der Waals surface area contributed by atoms with Gasteiger partial charge in [-0.1, -0.05) is 30.3 Å². The number of benzene rings is 2. The molecule has 0 bridgehead atoms. The maximum Gasteiger partial charge on any atom is 0.163 e. The van der Waals surface area contributed by atoms with Crippen molar-refractivity contribution in [1.29, 1.82) is 0 Å². The number of rotatable bonds is 3. The van der Waals surface area contributed by atoms with Gasteiger partial charge in [0.15, 0.2) is 5.78 Å². The fraction of sp³-hybridized carbons (Fsp3) is 0.200. The predicted octanol–water partition coefficient (Wildman–Crippen LogP) is 5.07. The molecule has 5 heteroatoms. The Morgan fingerprint density at radius 3 is 2.47 bits per heavy atom. The van der Waals surface area contributed by atoms with E-state index in [0.717, 1.165) is 45.9 Å². The van der Waals surface area contributed by atoms with Crippen LogP contribution in [0.1, 0.15) is 35.9 Å². The molecule has 2 aromatic carbocycles. The van der Waals surface area contributed by atoms with Gasteiger partial charge in [-0.05, 0) is 47.9 Å². The van der Waals surface area contributed by atoms with E-state index in [1.807, 2.05) is 54.6 Å². The maximum absolute atomic E-state index is 13.5. The number of nitrogens with one attached hydrogen (secondary N) is 2. The lowest BCUT2D eigenvalue weighted by molar-refractivity contribution is -0.116. The number of Topliss-reactive ketones (excluding diaryl/α,β-unsaturated/α-hetero) is 1. The number of ketones is 1. The number of para-hydroxylation sites is 3. The highest BCUT2D eigenvalue weighted by Crippen LogP contribution is 2.45. The number of hydrogen-bond donors (Lipinski definition) is 2. The van der Waals surface area contributed by atoms with E-state index in [0.29, 0.717) is 6.42 Å². The standard InChI is InChI=1S/C25H23N3O2/c1-30-23-9-5-2-6-18(23)17-14-21-24(22(29)15-17)25(16-10-12-26-13-11-16)28-20-8-4-3-7-19(20)27-21/h2-13,17,25,27-28H,14-15H2,1H3/t17-,25+/m0/s1. The number of carbonyl (C=O) groups excluding carboxylic acids is 1. The van der Waals surface area contributed by atoms with Crippen LogP contribution in [-0.4, -0.2) is 17.9 Å². The summed E-state index contributed by atoms with van der Waals surface area (Å²) in [4.78, 5) is 17.6. The van der Waals surface area contributed by atoms with Crippen LogP contribution < -0.4 is 15.4 Å². The maximum atomic E-state index is 13.5. The van der Waals surface area contributed by atoms with Crippen molar-refractivity contribution < 1.29 is 9.53 Å². The molecular formula is C25H23N3O2. The molecule has 2 aliphatic rings. The van der Waals surface area contributed by atoms with E-state index in [1.165, 1.54) is 0 Å². The van der Waals surface area contributed by atoms with E-state index in [4.69, 9.17) is 4.74 Å². The molecule has 0 spiro atoms. The summed E-state index contributed by atoms with van der Waals surface area (Å²) in [6.07, 6.45) is 4.75. The highest BCUT2D eigenvalue weighted by Gasteiger charge is 2.36. The third-order valence-electron chi connectivity index (χ3n) is 5.93. The smallest absolute Gasteiger partial charge is 0.163 e. The molecule has 1 aliphatic carbocycles. The zero-order valence-electron chi connectivity index (χ0n) is 16.8. The Bertz CT molecular complexity index is 1120. The average Bonchev–Trinajstić information content (AvgIpc) is 2.96. The van der Waals surface area contributed by atoms with E-state index >= 15 is 0 Å². The average molecular weight is 397 g/mol. The molecule has 30 heavy (non-hydrogen) atoms. The summed E-state index contributed by atoms with van der Waals surface area (Å²) in [5, 5.41) is 7.16. The first kappa shape index (κ1) is 18.4. The number of aromatic nitrogens is 1. The minimum atomic E-state index is -0.217. The van der Waals surface area contributed by atoms with Gasteiger partial charge in [0, 0.05) is 36.0 Å². The molecule has 0 saturated carbocycles. The minimum Gasteiger partial charge on any atom is -0.496 e. The largest absolute Gasteiger partial charge is 0.496 e. The summed E-state index contributed by atoms with van der Waals surface area (Å²) in [5.74, 6) is 1.06. The Balaban J connectivity index is 1.61. The van der Waals surface area contributed by atoms with Crippen molar-refractivity contribution >= 4 is 17.2 Å². The van der Waals surface area contributed by atoms with Crippen molar-refractivity contribution in [2.24, 2.45) is 0 Å². The number of pyridine rings is 1. The number of allylic oxidation sites excluding steroid dienone is 1. The van der Waals surface area contributed by atoms with Gasteiger partial charge in [-0.15, -0.1) is 0 Å². The van der Waals surface area contributed by atoms with Gasteiger partial charge in [-0.2, -0.15) is 0 Å². The summed E-state index contributed by atoms with van der Waals surface area (Å²) >= 11 is 0. The van der Waals surface area contributed by atoms with Crippen LogP contribution in [0.3, 0.4) is 0 Å². The third-order valence-corrected chi connectivity index (χ3v) is 5.93. The summed E-state index contributed by atoms with van der Waals surface area (Å²) in [6, 6.07) is 19.8. The Labute approximate surface area is 175 Å². The fourth-order valence-electron chi connectivity index (χ4n) is 4.52. The zero-order valence-corrected chi connectivity index (χ0v) is 16.8. The fourth-order valence-corrected chi connectivity index (χ4v) is 4.52. The molecule has 5 nitrogen and oxygen atoms in total. The second kappa shape index (κ2) is 7.67. The number of fused-ring (bicyclic) bond motifs is 1. The van der Waals surface area contributed by atoms with Gasteiger partial charge in [-0.3, -0.25) is 9.78 Å². The Kier molecular flexibility index (Phi) is 4.71. The van der Waals surface area contributed by atoms with Crippen LogP contribution in [0.4, 0.5) is 11.4 Å². The van der Waals surface area contributed by atoms with Gasteiger partial charge >= 0.3 is 0 Å². The Morgan fingerprint density at radius 1 is 0.933 bits per heavy atom. The molecule has 2 atom stereocenters. The monoisotopic (exact) mass is 397 g/mol. The van der Waals surface area contributed by atoms with Gasteiger partial charge < -0.3 is 15.4 Å². The van der Waals surface area contributed by atoms with E-state index in [1.54, 1.807) is 19.5 Å². The van der Waals surface area contributed by atoms with E-state index < -0.39 is 0 Å². The van der Waals surface area contributed by atoms with Crippen LogP contribution >= 0.6 is 0 Å². The third kappa shape index (κ3) is 3.22. The summed E-state index contributed by atoms with van der Waals surface area (Å²) < 4.78 is 5.57. The van der Waals surface area contributed by atoms with Gasteiger partial charge in [0.05, 0.1) is 24.5 Å². The molecule has 0 saturated heterocycles.